The van der Waals surface area contributed by atoms with E-state index in [4.69, 9.17) is 5.73 Å². The van der Waals surface area contributed by atoms with Crippen LogP contribution in [0.3, 0.4) is 0 Å². The minimum Gasteiger partial charge on any atom is -0.328 e. The van der Waals surface area contributed by atoms with E-state index < -0.39 is 0 Å². The molecule has 16 heavy (non-hydrogen) atoms. The molecule has 1 aromatic carbocycles. The second kappa shape index (κ2) is 5.30. The highest BCUT2D eigenvalue weighted by molar-refractivity contribution is 9.10. The maximum atomic E-state index is 5.91. The minimum absolute atomic E-state index is 0.398. The van der Waals surface area contributed by atoms with Gasteiger partial charge in [-0.25, -0.2) is 0 Å². The molecular formula is C13H19BrN2. The van der Waals surface area contributed by atoms with Crippen LogP contribution in [-0.4, -0.2) is 12.1 Å². The molecule has 88 valence electrons. The van der Waals surface area contributed by atoms with Crippen molar-refractivity contribution >= 4 is 15.9 Å². The van der Waals surface area contributed by atoms with Crippen LogP contribution in [0.1, 0.15) is 37.8 Å². The molecule has 0 amide bonds. The fraction of sp³-hybridized carbons (Fsp3) is 0.538. The maximum absolute atomic E-state index is 5.91. The average Bonchev–Trinajstić information content (AvgIpc) is 2.65. The van der Waals surface area contributed by atoms with Crippen molar-refractivity contribution in [1.82, 2.24) is 5.32 Å². The Morgan fingerprint density at radius 3 is 2.56 bits per heavy atom. The van der Waals surface area contributed by atoms with E-state index >= 15 is 0 Å². The fourth-order valence-electron chi connectivity index (χ4n) is 2.37. The smallest absolute Gasteiger partial charge is 0.0294 e. The van der Waals surface area contributed by atoms with Crippen molar-refractivity contribution < 1.29 is 0 Å². The number of hydrogen-bond acceptors (Lipinski definition) is 2. The van der Waals surface area contributed by atoms with Crippen molar-refractivity contribution in [2.45, 2.75) is 44.3 Å². The number of hydrogen-bond donors (Lipinski definition) is 2. The van der Waals surface area contributed by atoms with E-state index in [1.807, 2.05) is 0 Å². The van der Waals surface area contributed by atoms with Crippen LogP contribution in [0.2, 0.25) is 0 Å². The fourth-order valence-corrected chi connectivity index (χ4v) is 2.63. The monoisotopic (exact) mass is 282 g/mol. The van der Waals surface area contributed by atoms with Gasteiger partial charge in [-0.3, -0.25) is 0 Å². The topological polar surface area (TPSA) is 38.0 Å². The van der Waals surface area contributed by atoms with Crippen LogP contribution in [0.15, 0.2) is 28.7 Å². The number of rotatable bonds is 3. The summed E-state index contributed by atoms with van der Waals surface area (Å²) in [5.41, 5.74) is 7.25. The van der Waals surface area contributed by atoms with E-state index in [9.17, 15) is 0 Å². The van der Waals surface area contributed by atoms with Gasteiger partial charge in [0.1, 0.15) is 0 Å². The highest BCUT2D eigenvalue weighted by Crippen LogP contribution is 2.22. The normalized spacial score (nSPS) is 26.9. The number of nitrogens with two attached hydrogens (primary N) is 1. The largest absolute Gasteiger partial charge is 0.328 e. The molecule has 0 bridgehead atoms. The summed E-state index contributed by atoms with van der Waals surface area (Å²) < 4.78 is 1.13. The zero-order valence-corrected chi connectivity index (χ0v) is 11.2. The van der Waals surface area contributed by atoms with Crippen LogP contribution in [0, 0.1) is 0 Å². The maximum Gasteiger partial charge on any atom is 0.0294 e. The summed E-state index contributed by atoms with van der Waals surface area (Å²) >= 11 is 3.45. The van der Waals surface area contributed by atoms with E-state index in [-0.39, 0.29) is 0 Å². The third kappa shape index (κ3) is 3.06. The van der Waals surface area contributed by atoms with Crippen LogP contribution >= 0.6 is 15.9 Å². The first-order valence-electron chi connectivity index (χ1n) is 5.92. The van der Waals surface area contributed by atoms with Gasteiger partial charge in [-0.05, 0) is 43.9 Å². The molecule has 0 aromatic heterocycles. The lowest BCUT2D eigenvalue weighted by atomic mass is 10.1. The predicted molar refractivity (Wildman–Crippen MR) is 71.3 cm³/mol. The Morgan fingerprint density at radius 1 is 1.31 bits per heavy atom. The molecule has 3 N–H and O–H groups in total. The SMILES string of the molecule is CC(NC1CCC(N)C1)c1ccc(Br)cc1. The second-order valence-electron chi connectivity index (χ2n) is 4.71. The van der Waals surface area contributed by atoms with E-state index in [1.54, 1.807) is 0 Å². The summed E-state index contributed by atoms with van der Waals surface area (Å²) in [6.45, 7) is 2.22. The summed E-state index contributed by atoms with van der Waals surface area (Å²) in [7, 11) is 0. The van der Waals surface area contributed by atoms with Gasteiger partial charge in [0.2, 0.25) is 0 Å². The quantitative estimate of drug-likeness (QED) is 0.895. The molecule has 3 heteroatoms. The van der Waals surface area contributed by atoms with Crippen molar-refractivity contribution in [1.29, 1.82) is 0 Å². The van der Waals surface area contributed by atoms with Crippen LogP contribution in [0.25, 0.3) is 0 Å². The van der Waals surface area contributed by atoms with Gasteiger partial charge in [0, 0.05) is 22.6 Å². The number of halogens is 1. The van der Waals surface area contributed by atoms with Crippen LogP contribution < -0.4 is 11.1 Å². The summed E-state index contributed by atoms with van der Waals surface area (Å²) in [5.74, 6) is 0. The zero-order chi connectivity index (χ0) is 11.5. The van der Waals surface area contributed by atoms with Crippen molar-refractivity contribution in [3.8, 4) is 0 Å². The predicted octanol–water partition coefficient (Wildman–Crippen LogP) is 2.98. The lowest BCUT2D eigenvalue weighted by Gasteiger charge is -2.19. The Morgan fingerprint density at radius 2 is 2.00 bits per heavy atom. The number of benzene rings is 1. The standard InChI is InChI=1S/C13H19BrN2/c1-9(10-2-4-11(14)5-3-10)16-13-7-6-12(15)8-13/h2-5,9,12-13,16H,6-8,15H2,1H3. The van der Waals surface area contributed by atoms with Gasteiger partial charge < -0.3 is 11.1 Å². The Labute approximate surface area is 106 Å². The summed E-state index contributed by atoms with van der Waals surface area (Å²) in [4.78, 5) is 0. The second-order valence-corrected chi connectivity index (χ2v) is 5.63. The van der Waals surface area contributed by atoms with Crippen LogP contribution in [0.4, 0.5) is 0 Å². The minimum atomic E-state index is 0.398. The van der Waals surface area contributed by atoms with Gasteiger partial charge in [-0.1, -0.05) is 28.1 Å². The third-order valence-corrected chi connectivity index (χ3v) is 3.86. The lowest BCUT2D eigenvalue weighted by Crippen LogP contribution is -2.30. The van der Waals surface area contributed by atoms with Crippen molar-refractivity contribution in [3.05, 3.63) is 34.3 Å². The Hall–Kier alpha value is -0.380. The lowest BCUT2D eigenvalue weighted by molar-refractivity contribution is 0.457. The molecule has 1 fully saturated rings. The zero-order valence-electron chi connectivity index (χ0n) is 9.62. The first-order valence-corrected chi connectivity index (χ1v) is 6.71. The van der Waals surface area contributed by atoms with E-state index in [1.165, 1.54) is 12.0 Å². The van der Waals surface area contributed by atoms with Gasteiger partial charge >= 0.3 is 0 Å². The average molecular weight is 283 g/mol. The highest BCUT2D eigenvalue weighted by atomic mass is 79.9. The molecule has 1 aliphatic carbocycles. The van der Waals surface area contributed by atoms with Gasteiger partial charge in [-0.2, -0.15) is 0 Å². The first kappa shape index (κ1) is 12.1. The van der Waals surface area contributed by atoms with Gasteiger partial charge in [0.05, 0.1) is 0 Å². The van der Waals surface area contributed by atoms with E-state index in [2.05, 4.69) is 52.4 Å². The molecule has 3 unspecified atom stereocenters. The molecule has 1 aliphatic rings. The van der Waals surface area contributed by atoms with Crippen molar-refractivity contribution in [2.24, 2.45) is 5.73 Å². The van der Waals surface area contributed by atoms with Crippen molar-refractivity contribution in [2.75, 3.05) is 0 Å². The Kier molecular flexibility index (Phi) is 4.00. The molecule has 2 rings (SSSR count). The summed E-state index contributed by atoms with van der Waals surface area (Å²) in [5, 5.41) is 3.65. The molecular weight excluding hydrogens is 264 g/mol. The van der Waals surface area contributed by atoms with Crippen LogP contribution in [-0.2, 0) is 0 Å². The Bertz CT molecular complexity index is 336. The summed E-state index contributed by atoms with van der Waals surface area (Å²) in [6.07, 6.45) is 3.48. The molecule has 0 spiro atoms. The molecule has 1 aromatic rings. The molecule has 1 saturated carbocycles. The number of nitrogens with one attached hydrogen (secondary N) is 1. The third-order valence-electron chi connectivity index (χ3n) is 3.33. The highest BCUT2D eigenvalue weighted by Gasteiger charge is 2.22. The molecule has 0 saturated heterocycles. The van der Waals surface area contributed by atoms with Gasteiger partial charge in [-0.15, -0.1) is 0 Å². The molecule has 0 aliphatic heterocycles. The molecule has 0 radical (unpaired) electrons. The molecule has 3 atom stereocenters. The van der Waals surface area contributed by atoms with Crippen molar-refractivity contribution in [3.63, 3.8) is 0 Å². The van der Waals surface area contributed by atoms with E-state index in [0.717, 1.165) is 17.3 Å². The molecule has 0 heterocycles. The van der Waals surface area contributed by atoms with E-state index in [0.29, 0.717) is 18.1 Å². The van der Waals surface area contributed by atoms with Gasteiger partial charge in [0.25, 0.3) is 0 Å². The van der Waals surface area contributed by atoms with Crippen LogP contribution in [0.5, 0.6) is 0 Å². The van der Waals surface area contributed by atoms with Gasteiger partial charge in [0.15, 0.2) is 0 Å². The first-order chi connectivity index (χ1) is 7.65. The summed E-state index contributed by atoms with van der Waals surface area (Å²) in [6, 6.07) is 9.90. The molecule has 2 nitrogen and oxygen atoms in total. The Balaban J connectivity index is 1.92.